The van der Waals surface area contributed by atoms with Gasteiger partial charge in [-0.3, -0.25) is 4.79 Å². The van der Waals surface area contributed by atoms with Gasteiger partial charge in [0.2, 0.25) is 0 Å². The van der Waals surface area contributed by atoms with Gasteiger partial charge >= 0.3 is 0 Å². The van der Waals surface area contributed by atoms with E-state index in [0.29, 0.717) is 15.6 Å². The number of carbonyl (C=O) groups excluding carboxylic acids is 1. The molecule has 1 N–H and O–H groups in total. The third kappa shape index (κ3) is 5.64. The first-order valence-corrected chi connectivity index (χ1v) is 12.3. The smallest absolute Gasteiger partial charge is 0.265 e. The lowest BCUT2D eigenvalue weighted by Gasteiger charge is -2.09. The second-order valence-corrected chi connectivity index (χ2v) is 9.31. The van der Waals surface area contributed by atoms with E-state index in [1.54, 1.807) is 28.9 Å². The van der Waals surface area contributed by atoms with E-state index < -0.39 is 5.91 Å². The van der Waals surface area contributed by atoms with Crippen molar-refractivity contribution in [2.75, 3.05) is 0 Å². The lowest BCUT2D eigenvalue weighted by molar-refractivity contribution is 0.0949. The van der Waals surface area contributed by atoms with Gasteiger partial charge in [-0.25, -0.2) is 10.1 Å². The molecular weight excluding hydrogens is 503 g/mol. The zero-order valence-corrected chi connectivity index (χ0v) is 21.4. The van der Waals surface area contributed by atoms with Gasteiger partial charge in [-0.15, -0.1) is 0 Å². The van der Waals surface area contributed by atoms with Gasteiger partial charge in [0.15, 0.2) is 5.69 Å². The van der Waals surface area contributed by atoms with Gasteiger partial charge in [-0.05, 0) is 48.4 Å². The maximum absolute atomic E-state index is 12.9. The Kier molecular flexibility index (Phi) is 7.17. The predicted octanol–water partition coefficient (Wildman–Crippen LogP) is 7.59. The van der Waals surface area contributed by atoms with Gasteiger partial charge in [-0.2, -0.15) is 10.2 Å². The molecule has 5 rings (SSSR count). The monoisotopic (exact) mass is 524 g/mol. The van der Waals surface area contributed by atoms with E-state index in [-0.39, 0.29) is 5.69 Å². The van der Waals surface area contributed by atoms with Crippen molar-refractivity contribution in [3.05, 3.63) is 130 Å². The molecule has 5 aromatic rings. The van der Waals surface area contributed by atoms with Crippen LogP contribution in [0.4, 0.5) is 0 Å². The average Bonchev–Trinajstić information content (AvgIpc) is 3.37. The maximum atomic E-state index is 12.9. The Morgan fingerprint density at radius 1 is 0.838 bits per heavy atom. The summed E-state index contributed by atoms with van der Waals surface area (Å²) in [4.78, 5) is 12.9. The Hall–Kier alpha value is -4.19. The lowest BCUT2D eigenvalue weighted by Crippen LogP contribution is -2.18. The fourth-order valence-electron chi connectivity index (χ4n) is 3.87. The first-order valence-electron chi connectivity index (χ1n) is 11.6. The van der Waals surface area contributed by atoms with Crippen LogP contribution in [0.5, 0.6) is 0 Å². The Labute approximate surface area is 225 Å². The molecule has 0 aliphatic rings. The highest BCUT2D eigenvalue weighted by Gasteiger charge is 2.17. The van der Waals surface area contributed by atoms with Gasteiger partial charge in [0.25, 0.3) is 5.91 Å². The number of halogens is 2. The van der Waals surface area contributed by atoms with E-state index in [0.717, 1.165) is 33.6 Å². The lowest BCUT2D eigenvalue weighted by atomic mass is 10.0. The van der Waals surface area contributed by atoms with Gasteiger partial charge in [0.05, 0.1) is 22.6 Å². The highest BCUT2D eigenvalue weighted by Crippen LogP contribution is 2.28. The van der Waals surface area contributed by atoms with Crippen LogP contribution in [-0.4, -0.2) is 21.9 Å². The third-order valence-corrected chi connectivity index (χ3v) is 6.40. The number of benzene rings is 4. The van der Waals surface area contributed by atoms with Crippen molar-refractivity contribution >= 4 is 35.3 Å². The van der Waals surface area contributed by atoms with E-state index in [1.165, 1.54) is 6.21 Å². The molecular formula is C30H22Cl2N4O. The van der Waals surface area contributed by atoms with Crippen LogP contribution in [0.2, 0.25) is 10.0 Å². The Balaban J connectivity index is 1.45. The van der Waals surface area contributed by atoms with E-state index in [4.69, 9.17) is 23.2 Å². The molecule has 0 aliphatic heterocycles. The van der Waals surface area contributed by atoms with Crippen LogP contribution < -0.4 is 5.43 Å². The minimum Gasteiger partial charge on any atom is -0.265 e. The van der Waals surface area contributed by atoms with Gasteiger partial charge in [-0.1, -0.05) is 102 Å². The Morgan fingerprint density at radius 3 is 2.22 bits per heavy atom. The minimum atomic E-state index is -0.436. The molecule has 0 unspecified atom stereocenters. The van der Waals surface area contributed by atoms with Crippen molar-refractivity contribution in [3.63, 3.8) is 0 Å². The van der Waals surface area contributed by atoms with Crippen molar-refractivity contribution in [1.82, 2.24) is 15.2 Å². The van der Waals surface area contributed by atoms with Crippen LogP contribution in [0.15, 0.2) is 108 Å². The second kappa shape index (κ2) is 10.8. The maximum Gasteiger partial charge on any atom is 0.291 e. The van der Waals surface area contributed by atoms with Crippen LogP contribution in [0, 0.1) is 6.92 Å². The molecule has 5 nitrogen and oxygen atoms in total. The number of hydrazone groups is 1. The van der Waals surface area contributed by atoms with E-state index in [9.17, 15) is 4.79 Å². The molecule has 7 heteroatoms. The van der Waals surface area contributed by atoms with Crippen LogP contribution in [0.25, 0.3) is 28.1 Å². The quantitative estimate of drug-likeness (QED) is 0.184. The Morgan fingerprint density at radius 2 is 1.51 bits per heavy atom. The summed E-state index contributed by atoms with van der Waals surface area (Å²) in [7, 11) is 0. The van der Waals surface area contributed by atoms with Gasteiger partial charge < -0.3 is 0 Å². The molecule has 0 fully saturated rings. The molecule has 1 aromatic heterocycles. The molecule has 0 radical (unpaired) electrons. The summed E-state index contributed by atoms with van der Waals surface area (Å²) in [5.74, 6) is -0.436. The number of nitrogens with zero attached hydrogens (tertiary/aromatic N) is 3. The number of aryl methyl sites for hydroxylation is 1. The summed E-state index contributed by atoms with van der Waals surface area (Å²) in [5, 5.41) is 9.62. The standard InChI is InChI=1S/C30H22Cl2N4O/c1-20-7-15-26(16-8-20)36-29(23-11-9-22(10-12-23)21-5-3-2-4-6-21)18-28(35-36)30(37)34-33-19-24-13-14-25(31)17-27(24)32/h2-19H,1H3,(H,34,37)/b33-19-. The molecule has 0 atom stereocenters. The van der Waals surface area contributed by atoms with Crippen LogP contribution in [-0.2, 0) is 0 Å². The average molecular weight is 525 g/mol. The molecule has 0 saturated heterocycles. The second-order valence-electron chi connectivity index (χ2n) is 8.47. The van der Waals surface area contributed by atoms with Crippen LogP contribution >= 0.6 is 23.2 Å². The highest BCUT2D eigenvalue weighted by molar-refractivity contribution is 6.36. The Bertz CT molecular complexity index is 1570. The summed E-state index contributed by atoms with van der Waals surface area (Å²) >= 11 is 12.1. The number of hydrogen-bond donors (Lipinski definition) is 1. The molecule has 0 saturated carbocycles. The number of rotatable bonds is 6. The summed E-state index contributed by atoms with van der Waals surface area (Å²) in [6.45, 7) is 2.03. The topological polar surface area (TPSA) is 59.3 Å². The molecule has 0 bridgehead atoms. The molecule has 37 heavy (non-hydrogen) atoms. The van der Waals surface area contributed by atoms with Crippen molar-refractivity contribution in [2.24, 2.45) is 5.10 Å². The van der Waals surface area contributed by atoms with Gasteiger partial charge in [0, 0.05) is 16.1 Å². The largest absolute Gasteiger partial charge is 0.291 e. The highest BCUT2D eigenvalue weighted by atomic mass is 35.5. The first-order chi connectivity index (χ1) is 18.0. The number of nitrogens with one attached hydrogen (secondary N) is 1. The summed E-state index contributed by atoms with van der Waals surface area (Å²) in [5.41, 5.74) is 9.37. The summed E-state index contributed by atoms with van der Waals surface area (Å²) in [6.07, 6.45) is 1.47. The van der Waals surface area contributed by atoms with E-state index in [1.807, 2.05) is 61.5 Å². The van der Waals surface area contributed by atoms with Crippen molar-refractivity contribution < 1.29 is 4.79 Å². The van der Waals surface area contributed by atoms with E-state index >= 15 is 0 Å². The SMILES string of the molecule is Cc1ccc(-n2nc(C(=O)N/N=C\c3ccc(Cl)cc3Cl)cc2-c2ccc(-c3ccccc3)cc2)cc1. The number of amides is 1. The number of aromatic nitrogens is 2. The number of carbonyl (C=O) groups is 1. The van der Waals surface area contributed by atoms with E-state index in [2.05, 4.69) is 39.9 Å². The normalized spacial score (nSPS) is 11.1. The zero-order chi connectivity index (χ0) is 25.8. The van der Waals surface area contributed by atoms with Crippen molar-refractivity contribution in [3.8, 4) is 28.1 Å². The van der Waals surface area contributed by atoms with Crippen molar-refractivity contribution in [2.45, 2.75) is 6.92 Å². The number of hydrogen-bond acceptors (Lipinski definition) is 3. The molecule has 0 aliphatic carbocycles. The van der Waals surface area contributed by atoms with Crippen molar-refractivity contribution in [1.29, 1.82) is 0 Å². The van der Waals surface area contributed by atoms with Gasteiger partial charge in [0.1, 0.15) is 0 Å². The fraction of sp³-hybridized carbons (Fsp3) is 0.0333. The molecule has 182 valence electrons. The molecule has 0 spiro atoms. The van der Waals surface area contributed by atoms with Crippen LogP contribution in [0.3, 0.4) is 0 Å². The zero-order valence-electron chi connectivity index (χ0n) is 19.9. The third-order valence-electron chi connectivity index (χ3n) is 5.84. The summed E-state index contributed by atoms with van der Waals surface area (Å²) in [6, 6.07) is 33.2. The molecule has 1 heterocycles. The first kappa shape index (κ1) is 24.5. The molecule has 4 aromatic carbocycles. The minimum absolute atomic E-state index is 0.238. The molecule has 1 amide bonds. The van der Waals surface area contributed by atoms with Crippen LogP contribution in [0.1, 0.15) is 21.6 Å². The predicted molar refractivity (Wildman–Crippen MR) is 151 cm³/mol. The summed E-state index contributed by atoms with van der Waals surface area (Å²) < 4.78 is 1.77. The fourth-order valence-corrected chi connectivity index (χ4v) is 4.33.